The SMILES string of the molecule is COC(=O)c1ccc2nc(Cc3ccc(-c4cccc(OCc5ccc(Cl)cc5F)n4)c(Cl)c3)n(Cc3ccc[nH]3)c2c1. The van der Waals surface area contributed by atoms with E-state index >= 15 is 0 Å². The summed E-state index contributed by atoms with van der Waals surface area (Å²) >= 11 is 12.6. The predicted octanol–water partition coefficient (Wildman–Crippen LogP) is 7.88. The number of hydrogen-bond acceptors (Lipinski definition) is 5. The third kappa shape index (κ3) is 6.26. The maximum atomic E-state index is 14.2. The summed E-state index contributed by atoms with van der Waals surface area (Å²) in [6, 6.07) is 24.9. The number of aromatic nitrogens is 4. The van der Waals surface area contributed by atoms with Gasteiger partial charge in [-0.2, -0.15) is 0 Å². The van der Waals surface area contributed by atoms with Crippen molar-refractivity contribution in [2.24, 2.45) is 0 Å². The number of aromatic amines is 1. The van der Waals surface area contributed by atoms with E-state index in [4.69, 9.17) is 37.7 Å². The van der Waals surface area contributed by atoms with Crippen LogP contribution in [-0.2, 0) is 24.3 Å². The molecule has 3 aromatic heterocycles. The van der Waals surface area contributed by atoms with E-state index in [1.807, 2.05) is 54.7 Å². The molecule has 3 heterocycles. The van der Waals surface area contributed by atoms with Crippen LogP contribution in [0.5, 0.6) is 5.88 Å². The Balaban J connectivity index is 1.26. The molecule has 216 valence electrons. The first-order valence-corrected chi connectivity index (χ1v) is 14.2. The van der Waals surface area contributed by atoms with Crippen molar-refractivity contribution in [1.82, 2.24) is 19.5 Å². The van der Waals surface area contributed by atoms with Crippen molar-refractivity contribution in [3.63, 3.8) is 0 Å². The number of hydrogen-bond donors (Lipinski definition) is 1. The van der Waals surface area contributed by atoms with E-state index in [1.54, 1.807) is 30.3 Å². The predicted molar refractivity (Wildman–Crippen MR) is 164 cm³/mol. The van der Waals surface area contributed by atoms with Gasteiger partial charge >= 0.3 is 5.97 Å². The van der Waals surface area contributed by atoms with Gasteiger partial charge in [0.15, 0.2) is 0 Å². The third-order valence-corrected chi connectivity index (χ3v) is 7.57. The molecule has 0 fully saturated rings. The minimum absolute atomic E-state index is 0.0106. The number of carbonyl (C=O) groups excluding carboxylic acids is 1. The van der Waals surface area contributed by atoms with E-state index in [1.165, 1.54) is 13.2 Å². The Bertz CT molecular complexity index is 1940. The van der Waals surface area contributed by atoms with Gasteiger partial charge in [0.2, 0.25) is 5.88 Å². The molecule has 6 rings (SSSR count). The highest BCUT2D eigenvalue weighted by Crippen LogP contribution is 2.30. The van der Waals surface area contributed by atoms with E-state index < -0.39 is 11.8 Å². The number of pyridine rings is 1. The Morgan fingerprint density at radius 2 is 1.86 bits per heavy atom. The van der Waals surface area contributed by atoms with Gasteiger partial charge in [0.1, 0.15) is 18.2 Å². The van der Waals surface area contributed by atoms with Gasteiger partial charge in [-0.1, -0.05) is 47.5 Å². The average Bonchev–Trinajstić information content (AvgIpc) is 3.64. The molecule has 0 amide bonds. The van der Waals surface area contributed by atoms with Crippen LogP contribution >= 0.6 is 23.2 Å². The number of fused-ring (bicyclic) bond motifs is 1. The van der Waals surface area contributed by atoms with Crippen LogP contribution in [0.4, 0.5) is 4.39 Å². The maximum Gasteiger partial charge on any atom is 0.337 e. The first kappa shape index (κ1) is 28.5. The van der Waals surface area contributed by atoms with Crippen molar-refractivity contribution in [2.75, 3.05) is 7.11 Å². The minimum Gasteiger partial charge on any atom is -0.473 e. The van der Waals surface area contributed by atoms with Crippen LogP contribution in [0.2, 0.25) is 10.0 Å². The molecule has 7 nitrogen and oxygen atoms in total. The Morgan fingerprint density at radius 3 is 2.63 bits per heavy atom. The third-order valence-electron chi connectivity index (χ3n) is 7.03. The fraction of sp³-hybridized carbons (Fsp3) is 0.121. The number of ether oxygens (including phenoxy) is 2. The van der Waals surface area contributed by atoms with Gasteiger partial charge in [-0.25, -0.2) is 19.2 Å². The van der Waals surface area contributed by atoms with Crippen LogP contribution in [0.15, 0.2) is 91.1 Å². The van der Waals surface area contributed by atoms with Crippen molar-refractivity contribution in [2.45, 2.75) is 19.6 Å². The number of methoxy groups -OCH3 is 1. The van der Waals surface area contributed by atoms with Crippen molar-refractivity contribution >= 4 is 40.2 Å². The Labute approximate surface area is 256 Å². The number of benzene rings is 3. The van der Waals surface area contributed by atoms with E-state index in [-0.39, 0.29) is 6.61 Å². The van der Waals surface area contributed by atoms with E-state index in [0.29, 0.717) is 45.7 Å². The number of carbonyl (C=O) groups is 1. The lowest BCUT2D eigenvalue weighted by atomic mass is 10.1. The lowest BCUT2D eigenvalue weighted by Gasteiger charge is -2.11. The lowest BCUT2D eigenvalue weighted by Crippen LogP contribution is -2.07. The molecule has 10 heteroatoms. The lowest BCUT2D eigenvalue weighted by molar-refractivity contribution is 0.0601. The normalized spacial score (nSPS) is 11.2. The Kier molecular flexibility index (Phi) is 8.13. The van der Waals surface area contributed by atoms with Gasteiger partial charge in [0.25, 0.3) is 0 Å². The molecule has 43 heavy (non-hydrogen) atoms. The monoisotopic (exact) mass is 614 g/mol. The van der Waals surface area contributed by atoms with Crippen molar-refractivity contribution in [3.05, 3.63) is 135 Å². The Morgan fingerprint density at radius 1 is 0.977 bits per heavy atom. The molecular formula is C33H25Cl2FN4O3. The van der Waals surface area contributed by atoms with Gasteiger partial charge in [0.05, 0.1) is 41.0 Å². The number of halogens is 3. The first-order chi connectivity index (χ1) is 20.9. The molecule has 0 bridgehead atoms. The van der Waals surface area contributed by atoms with E-state index in [0.717, 1.165) is 33.7 Å². The van der Waals surface area contributed by atoms with Crippen LogP contribution in [-0.4, -0.2) is 32.6 Å². The second kappa shape index (κ2) is 12.3. The fourth-order valence-corrected chi connectivity index (χ4v) is 5.32. The maximum absolute atomic E-state index is 14.2. The minimum atomic E-state index is -0.437. The molecular weight excluding hydrogens is 590 g/mol. The summed E-state index contributed by atoms with van der Waals surface area (Å²) in [6.07, 6.45) is 2.38. The van der Waals surface area contributed by atoms with Crippen molar-refractivity contribution < 1.29 is 18.7 Å². The molecule has 0 saturated heterocycles. The molecule has 0 radical (unpaired) electrons. The quantitative estimate of drug-likeness (QED) is 0.167. The molecule has 0 aliphatic carbocycles. The summed E-state index contributed by atoms with van der Waals surface area (Å²) in [5, 5.41) is 0.843. The van der Waals surface area contributed by atoms with Crippen LogP contribution in [0, 0.1) is 5.82 Å². The largest absolute Gasteiger partial charge is 0.473 e. The second-order valence-corrected chi connectivity index (χ2v) is 10.7. The van der Waals surface area contributed by atoms with Gasteiger partial charge in [-0.05, 0) is 60.2 Å². The standard InChI is InChI=1S/C33H25Cl2FN4O3/c1-42-33(41)21-9-12-29-30(16-21)40(18-24-4-3-13-37-24)31(38-29)15-20-7-11-25(26(35)14-20)28-5-2-6-32(39-28)43-19-22-8-10-23(34)17-27(22)36/h2-14,16-17,37H,15,18-19H2,1H3. The number of rotatable bonds is 9. The molecule has 3 aromatic carbocycles. The molecule has 0 atom stereocenters. The van der Waals surface area contributed by atoms with Crippen LogP contribution in [0.3, 0.4) is 0 Å². The number of nitrogens with one attached hydrogen (secondary N) is 1. The number of nitrogens with zero attached hydrogens (tertiary/aromatic N) is 3. The van der Waals surface area contributed by atoms with Gasteiger partial charge < -0.3 is 19.0 Å². The summed E-state index contributed by atoms with van der Waals surface area (Å²) < 4.78 is 26.9. The smallest absolute Gasteiger partial charge is 0.337 e. The fourth-order valence-electron chi connectivity index (χ4n) is 4.86. The van der Waals surface area contributed by atoms with Gasteiger partial charge in [-0.3, -0.25) is 0 Å². The summed E-state index contributed by atoms with van der Waals surface area (Å²) in [4.78, 5) is 24.9. The first-order valence-electron chi connectivity index (χ1n) is 13.4. The zero-order valence-electron chi connectivity index (χ0n) is 23.0. The number of H-pyrrole nitrogens is 1. The highest BCUT2D eigenvalue weighted by molar-refractivity contribution is 6.33. The highest BCUT2D eigenvalue weighted by Gasteiger charge is 2.16. The molecule has 0 unspecified atom stereocenters. The summed E-state index contributed by atoms with van der Waals surface area (Å²) in [5.41, 5.74) is 5.75. The van der Waals surface area contributed by atoms with Crippen molar-refractivity contribution in [3.8, 4) is 17.1 Å². The highest BCUT2D eigenvalue weighted by atomic mass is 35.5. The Hall–Kier alpha value is -4.66. The summed E-state index contributed by atoms with van der Waals surface area (Å²) in [6.45, 7) is 0.558. The van der Waals surface area contributed by atoms with E-state index in [2.05, 4.69) is 14.5 Å². The molecule has 1 N–H and O–H groups in total. The van der Waals surface area contributed by atoms with Gasteiger partial charge in [0, 0.05) is 40.5 Å². The van der Waals surface area contributed by atoms with Crippen LogP contribution in [0.1, 0.15) is 33.0 Å². The zero-order valence-corrected chi connectivity index (χ0v) is 24.5. The molecule has 0 aliphatic heterocycles. The van der Waals surface area contributed by atoms with Crippen LogP contribution < -0.4 is 4.74 Å². The topological polar surface area (TPSA) is 82.0 Å². The number of esters is 1. The molecule has 0 aliphatic rings. The van der Waals surface area contributed by atoms with E-state index in [9.17, 15) is 9.18 Å². The second-order valence-electron chi connectivity index (χ2n) is 9.88. The van der Waals surface area contributed by atoms with Gasteiger partial charge in [-0.15, -0.1) is 0 Å². The molecule has 6 aromatic rings. The zero-order chi connectivity index (χ0) is 29.9. The van der Waals surface area contributed by atoms with Crippen molar-refractivity contribution in [1.29, 1.82) is 0 Å². The molecule has 0 saturated carbocycles. The van der Waals surface area contributed by atoms with Crippen LogP contribution in [0.25, 0.3) is 22.3 Å². The molecule has 0 spiro atoms. The summed E-state index contributed by atoms with van der Waals surface area (Å²) in [5.74, 6) is 0.320. The number of imidazole rings is 1. The average molecular weight is 615 g/mol. The summed E-state index contributed by atoms with van der Waals surface area (Å²) in [7, 11) is 1.36.